The van der Waals surface area contributed by atoms with Crippen LogP contribution in [0.3, 0.4) is 0 Å². The molecule has 2 aromatic heterocycles. The molecule has 1 fully saturated rings. The quantitative estimate of drug-likeness (QED) is 0.164. The lowest BCUT2D eigenvalue weighted by molar-refractivity contribution is 0.145. The van der Waals surface area contributed by atoms with Crippen LogP contribution in [0.25, 0.3) is 21.8 Å². The highest BCUT2D eigenvalue weighted by atomic mass is 16.5. The molecule has 0 aliphatic carbocycles. The van der Waals surface area contributed by atoms with Gasteiger partial charge in [-0.05, 0) is 79.6 Å². The molecule has 0 unspecified atom stereocenters. The van der Waals surface area contributed by atoms with Crippen molar-refractivity contribution in [1.82, 2.24) is 19.9 Å². The summed E-state index contributed by atoms with van der Waals surface area (Å²) in [6.45, 7) is 10.2. The van der Waals surface area contributed by atoms with Gasteiger partial charge in [0, 0.05) is 48.4 Å². The van der Waals surface area contributed by atoms with Crippen molar-refractivity contribution < 1.29 is 4.74 Å². The fourth-order valence-corrected chi connectivity index (χ4v) is 5.85. The Kier molecular flexibility index (Phi) is 9.28. The monoisotopic (exact) mass is 574 g/mol. The first-order valence-corrected chi connectivity index (χ1v) is 15.6. The molecule has 43 heavy (non-hydrogen) atoms. The minimum atomic E-state index is 0.555. The molecule has 0 atom stereocenters. The number of aromatic nitrogens is 3. The van der Waals surface area contributed by atoms with Gasteiger partial charge in [0.1, 0.15) is 17.9 Å². The summed E-state index contributed by atoms with van der Waals surface area (Å²) in [4.78, 5) is 16.0. The normalized spacial score (nSPS) is 14.4. The number of para-hydroxylation sites is 1. The van der Waals surface area contributed by atoms with Crippen LogP contribution in [0.2, 0.25) is 0 Å². The first-order valence-electron chi connectivity index (χ1n) is 15.6. The Morgan fingerprint density at radius 3 is 2.51 bits per heavy atom. The summed E-state index contributed by atoms with van der Waals surface area (Å²) in [7, 11) is 0. The smallest absolute Gasteiger partial charge is 0.137 e. The molecule has 0 saturated carbocycles. The molecular formula is C36H42N6O. The number of nitrogens with zero attached hydrogens (tertiary/aromatic N) is 4. The van der Waals surface area contributed by atoms with E-state index in [4.69, 9.17) is 4.74 Å². The van der Waals surface area contributed by atoms with Crippen LogP contribution in [-0.4, -0.2) is 59.2 Å². The average Bonchev–Trinajstić information content (AvgIpc) is 3.05. The topological polar surface area (TPSA) is 75.2 Å². The molecule has 1 aliphatic rings. The highest BCUT2D eigenvalue weighted by molar-refractivity contribution is 5.91. The number of ether oxygens (including phenoxy) is 1. The summed E-state index contributed by atoms with van der Waals surface area (Å²) in [5, 5.41) is 9.32. The summed E-state index contributed by atoms with van der Waals surface area (Å²) in [5.41, 5.74) is 5.79. The number of benzene rings is 3. The minimum absolute atomic E-state index is 0.555. The zero-order valence-corrected chi connectivity index (χ0v) is 25.3. The number of nitrogens with one attached hydrogen (secondary N) is 2. The van der Waals surface area contributed by atoms with Gasteiger partial charge in [-0.2, -0.15) is 0 Å². The molecule has 7 heteroatoms. The third-order valence-corrected chi connectivity index (χ3v) is 8.55. The molecule has 0 radical (unpaired) electrons. The van der Waals surface area contributed by atoms with E-state index in [0.717, 1.165) is 92.3 Å². The van der Waals surface area contributed by atoms with Crippen LogP contribution in [0.15, 0.2) is 85.3 Å². The number of rotatable bonds is 12. The lowest BCUT2D eigenvalue weighted by Gasteiger charge is -2.32. The van der Waals surface area contributed by atoms with Crippen molar-refractivity contribution in [1.29, 1.82) is 0 Å². The standard InChI is InChI=1S/C36H42N6O/c1-26(2)29-9-7-27(8-10-29)13-17-39-36-32-12-11-30(23-35(32)40-25-41-36)43-24-28-15-20-42(21-16-28)22-19-38-34-14-18-37-33-6-4-3-5-31(33)34/h3-12,14,18,23,25-26,28H,13,15-17,19-22,24H2,1-2H3,(H,37,38)(H,39,40,41). The van der Waals surface area contributed by atoms with Gasteiger partial charge >= 0.3 is 0 Å². The van der Waals surface area contributed by atoms with Crippen LogP contribution in [0.5, 0.6) is 5.75 Å². The molecule has 0 amide bonds. The number of fused-ring (bicyclic) bond motifs is 2. The van der Waals surface area contributed by atoms with Crippen molar-refractivity contribution in [2.75, 3.05) is 50.0 Å². The SMILES string of the molecule is CC(C)c1ccc(CCNc2ncnc3cc(OCC4CCN(CCNc5ccnc6ccccc56)CC4)ccc23)cc1. The number of piperidine rings is 1. The van der Waals surface area contributed by atoms with Gasteiger partial charge in [-0.1, -0.05) is 56.3 Å². The lowest BCUT2D eigenvalue weighted by Crippen LogP contribution is -2.38. The van der Waals surface area contributed by atoms with Gasteiger partial charge in [0.25, 0.3) is 0 Å². The van der Waals surface area contributed by atoms with E-state index in [9.17, 15) is 0 Å². The van der Waals surface area contributed by atoms with E-state index in [2.05, 4.69) is 98.9 Å². The van der Waals surface area contributed by atoms with Crippen molar-refractivity contribution in [2.45, 2.75) is 39.0 Å². The fourth-order valence-electron chi connectivity index (χ4n) is 5.85. The van der Waals surface area contributed by atoms with E-state index in [-0.39, 0.29) is 0 Å². The van der Waals surface area contributed by atoms with Gasteiger partial charge in [-0.15, -0.1) is 0 Å². The summed E-state index contributed by atoms with van der Waals surface area (Å²) in [5.74, 6) is 2.87. The first kappa shape index (κ1) is 28.9. The van der Waals surface area contributed by atoms with Crippen molar-refractivity contribution >= 4 is 33.3 Å². The van der Waals surface area contributed by atoms with Gasteiger partial charge in [0.2, 0.25) is 0 Å². The number of pyridine rings is 1. The Balaban J connectivity index is 0.940. The zero-order valence-electron chi connectivity index (χ0n) is 25.3. The van der Waals surface area contributed by atoms with Gasteiger partial charge in [0.05, 0.1) is 17.6 Å². The molecular weight excluding hydrogens is 532 g/mol. The number of anilines is 2. The second kappa shape index (κ2) is 13.8. The molecule has 2 N–H and O–H groups in total. The number of likely N-dealkylation sites (tertiary alicyclic amines) is 1. The van der Waals surface area contributed by atoms with Crippen LogP contribution < -0.4 is 15.4 Å². The van der Waals surface area contributed by atoms with Crippen molar-refractivity contribution in [3.05, 3.63) is 96.4 Å². The maximum absolute atomic E-state index is 6.26. The molecule has 0 bridgehead atoms. The van der Waals surface area contributed by atoms with Gasteiger partial charge in [-0.25, -0.2) is 9.97 Å². The minimum Gasteiger partial charge on any atom is -0.493 e. The molecule has 5 aromatic rings. The fraction of sp³-hybridized carbons (Fsp3) is 0.361. The van der Waals surface area contributed by atoms with Gasteiger partial charge in [0.15, 0.2) is 0 Å². The highest BCUT2D eigenvalue weighted by Gasteiger charge is 2.20. The van der Waals surface area contributed by atoms with E-state index in [0.29, 0.717) is 11.8 Å². The average molecular weight is 575 g/mol. The summed E-state index contributed by atoms with van der Waals surface area (Å²) in [6, 6.07) is 25.4. The van der Waals surface area contributed by atoms with Gasteiger partial charge in [-0.3, -0.25) is 4.98 Å². The first-order chi connectivity index (χ1) is 21.1. The van der Waals surface area contributed by atoms with Crippen LogP contribution in [0, 0.1) is 5.92 Å². The molecule has 6 rings (SSSR count). The Hall–Kier alpha value is -4.23. The van der Waals surface area contributed by atoms with E-state index >= 15 is 0 Å². The summed E-state index contributed by atoms with van der Waals surface area (Å²) >= 11 is 0. The maximum Gasteiger partial charge on any atom is 0.137 e. The van der Waals surface area contributed by atoms with Crippen LogP contribution in [-0.2, 0) is 6.42 Å². The molecule has 7 nitrogen and oxygen atoms in total. The van der Waals surface area contributed by atoms with Crippen LogP contribution in [0.4, 0.5) is 11.5 Å². The largest absolute Gasteiger partial charge is 0.493 e. The van der Waals surface area contributed by atoms with Crippen LogP contribution >= 0.6 is 0 Å². The Morgan fingerprint density at radius 2 is 1.67 bits per heavy atom. The number of hydrogen-bond donors (Lipinski definition) is 2. The van der Waals surface area contributed by atoms with Crippen molar-refractivity contribution in [3.63, 3.8) is 0 Å². The highest BCUT2D eigenvalue weighted by Crippen LogP contribution is 2.26. The molecule has 3 aromatic carbocycles. The molecule has 222 valence electrons. The third-order valence-electron chi connectivity index (χ3n) is 8.55. The van der Waals surface area contributed by atoms with Crippen LogP contribution in [0.1, 0.15) is 43.7 Å². The predicted octanol–water partition coefficient (Wildman–Crippen LogP) is 7.16. The molecule has 3 heterocycles. The van der Waals surface area contributed by atoms with E-state index in [1.165, 1.54) is 16.5 Å². The Morgan fingerprint density at radius 1 is 0.837 bits per heavy atom. The molecule has 0 spiro atoms. The lowest BCUT2D eigenvalue weighted by atomic mass is 9.98. The third kappa shape index (κ3) is 7.41. The van der Waals surface area contributed by atoms with E-state index < -0.39 is 0 Å². The van der Waals surface area contributed by atoms with Crippen molar-refractivity contribution in [3.8, 4) is 5.75 Å². The second-order valence-electron chi connectivity index (χ2n) is 11.9. The summed E-state index contributed by atoms with van der Waals surface area (Å²) < 4.78 is 6.26. The van der Waals surface area contributed by atoms with Gasteiger partial charge < -0.3 is 20.3 Å². The van der Waals surface area contributed by atoms with E-state index in [1.807, 2.05) is 24.4 Å². The van der Waals surface area contributed by atoms with E-state index in [1.54, 1.807) is 6.33 Å². The molecule has 1 saturated heterocycles. The predicted molar refractivity (Wildman–Crippen MR) is 177 cm³/mol. The maximum atomic E-state index is 6.26. The Bertz CT molecular complexity index is 1620. The second-order valence-corrected chi connectivity index (χ2v) is 11.9. The molecule has 1 aliphatic heterocycles. The summed E-state index contributed by atoms with van der Waals surface area (Å²) in [6.07, 6.45) is 6.77. The zero-order chi connectivity index (χ0) is 29.4. The van der Waals surface area contributed by atoms with Crippen molar-refractivity contribution in [2.24, 2.45) is 5.92 Å². The number of hydrogen-bond acceptors (Lipinski definition) is 7. The Labute approximate surface area is 254 Å².